The molecule has 70 valence electrons. The molecule has 1 rings (SSSR count). The highest BCUT2D eigenvalue weighted by atomic mass is 16.4. The summed E-state index contributed by atoms with van der Waals surface area (Å²) in [6.45, 7) is 3.30. The average molecular weight is 171 g/mol. The fourth-order valence-corrected chi connectivity index (χ4v) is 1.12. The van der Waals surface area contributed by atoms with Gasteiger partial charge in [-0.05, 0) is 18.9 Å². The maximum atomic E-state index is 10.4. The minimum atomic E-state index is -0.714. The standard InChI is InChI=1S/C9H17NO2/c1-7(9(11)12)6-10-5-4-8-2-3-8/h7-8,10H,2-6H2,1H3,(H,11,12). The number of carboxylic acid groups (broad SMARTS) is 1. The van der Waals surface area contributed by atoms with Gasteiger partial charge >= 0.3 is 5.97 Å². The number of hydrogen-bond donors (Lipinski definition) is 2. The van der Waals surface area contributed by atoms with Crippen LogP contribution in [0, 0.1) is 11.8 Å². The highest BCUT2D eigenvalue weighted by Gasteiger charge is 2.20. The summed E-state index contributed by atoms with van der Waals surface area (Å²) in [6.07, 6.45) is 3.96. The van der Waals surface area contributed by atoms with Crippen molar-refractivity contribution in [2.24, 2.45) is 11.8 Å². The van der Waals surface area contributed by atoms with Crippen molar-refractivity contribution in [2.45, 2.75) is 26.2 Å². The summed E-state index contributed by atoms with van der Waals surface area (Å²) in [5, 5.41) is 11.7. The van der Waals surface area contributed by atoms with Gasteiger partial charge in [-0.25, -0.2) is 0 Å². The maximum Gasteiger partial charge on any atom is 0.307 e. The molecule has 1 atom stereocenters. The van der Waals surface area contributed by atoms with Gasteiger partial charge in [-0.1, -0.05) is 19.8 Å². The molecule has 1 aliphatic carbocycles. The van der Waals surface area contributed by atoms with Gasteiger partial charge in [-0.3, -0.25) is 4.79 Å². The smallest absolute Gasteiger partial charge is 0.307 e. The van der Waals surface area contributed by atoms with Gasteiger partial charge in [-0.2, -0.15) is 0 Å². The van der Waals surface area contributed by atoms with E-state index in [0.29, 0.717) is 6.54 Å². The van der Waals surface area contributed by atoms with Crippen LogP contribution in [-0.2, 0) is 4.79 Å². The first-order chi connectivity index (χ1) is 5.70. The summed E-state index contributed by atoms with van der Waals surface area (Å²) in [6, 6.07) is 0. The molecule has 0 saturated heterocycles. The Morgan fingerprint density at radius 1 is 1.67 bits per heavy atom. The van der Waals surface area contributed by atoms with Gasteiger partial charge in [0.05, 0.1) is 5.92 Å². The third-order valence-corrected chi connectivity index (χ3v) is 2.30. The van der Waals surface area contributed by atoms with Crippen LogP contribution >= 0.6 is 0 Å². The first kappa shape index (κ1) is 9.52. The molecule has 0 bridgehead atoms. The van der Waals surface area contributed by atoms with Gasteiger partial charge in [0.1, 0.15) is 0 Å². The first-order valence-electron chi connectivity index (χ1n) is 4.63. The molecule has 0 aromatic rings. The largest absolute Gasteiger partial charge is 0.481 e. The van der Waals surface area contributed by atoms with Crippen molar-refractivity contribution >= 4 is 5.97 Å². The SMILES string of the molecule is CC(CNCCC1CC1)C(=O)O. The molecule has 0 amide bonds. The molecule has 1 aliphatic rings. The highest BCUT2D eigenvalue weighted by Crippen LogP contribution is 2.31. The van der Waals surface area contributed by atoms with E-state index in [2.05, 4.69) is 5.32 Å². The lowest BCUT2D eigenvalue weighted by atomic mass is 10.2. The molecule has 1 fully saturated rings. The summed E-state index contributed by atoms with van der Waals surface area (Å²) < 4.78 is 0. The Balaban J connectivity index is 1.89. The van der Waals surface area contributed by atoms with E-state index >= 15 is 0 Å². The number of carboxylic acids is 1. The topological polar surface area (TPSA) is 49.3 Å². The molecule has 0 aromatic heterocycles. The molecule has 3 nitrogen and oxygen atoms in total. The van der Waals surface area contributed by atoms with Gasteiger partial charge in [0, 0.05) is 6.54 Å². The quantitative estimate of drug-likeness (QED) is 0.588. The second-order valence-electron chi connectivity index (χ2n) is 3.68. The third kappa shape index (κ3) is 3.72. The van der Waals surface area contributed by atoms with Crippen molar-refractivity contribution < 1.29 is 9.90 Å². The Kier molecular flexibility index (Phi) is 3.53. The second kappa shape index (κ2) is 4.45. The molecule has 0 aliphatic heterocycles. The van der Waals surface area contributed by atoms with E-state index in [0.717, 1.165) is 12.5 Å². The molecule has 3 heteroatoms. The van der Waals surface area contributed by atoms with Gasteiger partial charge in [0.15, 0.2) is 0 Å². The lowest BCUT2D eigenvalue weighted by Gasteiger charge is -2.07. The first-order valence-corrected chi connectivity index (χ1v) is 4.63. The van der Waals surface area contributed by atoms with E-state index in [1.165, 1.54) is 19.3 Å². The van der Waals surface area contributed by atoms with Crippen molar-refractivity contribution in [1.82, 2.24) is 5.32 Å². The number of carbonyl (C=O) groups is 1. The lowest BCUT2D eigenvalue weighted by Crippen LogP contribution is -2.27. The molecule has 12 heavy (non-hydrogen) atoms. The summed E-state index contributed by atoms with van der Waals surface area (Å²) in [4.78, 5) is 10.4. The molecule has 0 spiro atoms. The Morgan fingerprint density at radius 3 is 2.83 bits per heavy atom. The number of hydrogen-bond acceptors (Lipinski definition) is 2. The average Bonchev–Trinajstić information content (AvgIpc) is 2.80. The van der Waals surface area contributed by atoms with E-state index < -0.39 is 5.97 Å². The van der Waals surface area contributed by atoms with Crippen LogP contribution in [0.25, 0.3) is 0 Å². The zero-order chi connectivity index (χ0) is 8.97. The van der Waals surface area contributed by atoms with Crippen LogP contribution in [0.4, 0.5) is 0 Å². The van der Waals surface area contributed by atoms with Crippen molar-refractivity contribution in [3.8, 4) is 0 Å². The van der Waals surface area contributed by atoms with E-state index in [-0.39, 0.29) is 5.92 Å². The van der Waals surface area contributed by atoms with Gasteiger partial charge in [0.2, 0.25) is 0 Å². The van der Waals surface area contributed by atoms with Crippen LogP contribution in [-0.4, -0.2) is 24.2 Å². The molecule has 0 radical (unpaired) electrons. The van der Waals surface area contributed by atoms with Crippen LogP contribution in [0.1, 0.15) is 26.2 Å². The predicted octanol–water partition coefficient (Wildman–Crippen LogP) is 1.10. The third-order valence-electron chi connectivity index (χ3n) is 2.30. The second-order valence-corrected chi connectivity index (χ2v) is 3.68. The number of nitrogens with one attached hydrogen (secondary N) is 1. The summed E-state index contributed by atoms with van der Waals surface area (Å²) in [5.74, 6) is -0.0456. The molecule has 0 aromatic carbocycles. The van der Waals surface area contributed by atoms with E-state index in [4.69, 9.17) is 5.11 Å². The van der Waals surface area contributed by atoms with Crippen LogP contribution in [0.3, 0.4) is 0 Å². The number of rotatable bonds is 6. The van der Waals surface area contributed by atoms with Crippen LogP contribution in [0.2, 0.25) is 0 Å². The minimum absolute atomic E-state index is 0.260. The summed E-state index contributed by atoms with van der Waals surface area (Å²) >= 11 is 0. The normalized spacial score (nSPS) is 19.1. The fraction of sp³-hybridized carbons (Fsp3) is 0.889. The molecule has 0 heterocycles. The van der Waals surface area contributed by atoms with Crippen molar-refractivity contribution in [3.63, 3.8) is 0 Å². The van der Waals surface area contributed by atoms with E-state index in [1.54, 1.807) is 6.92 Å². The van der Waals surface area contributed by atoms with E-state index in [9.17, 15) is 4.79 Å². The van der Waals surface area contributed by atoms with Crippen LogP contribution in [0.15, 0.2) is 0 Å². The Morgan fingerprint density at radius 2 is 2.33 bits per heavy atom. The van der Waals surface area contributed by atoms with Gasteiger partial charge in [-0.15, -0.1) is 0 Å². The lowest BCUT2D eigenvalue weighted by molar-refractivity contribution is -0.140. The van der Waals surface area contributed by atoms with Crippen molar-refractivity contribution in [3.05, 3.63) is 0 Å². The Bertz CT molecular complexity index is 155. The Labute approximate surface area is 73.2 Å². The molecular formula is C9H17NO2. The summed E-state index contributed by atoms with van der Waals surface area (Å²) in [7, 11) is 0. The van der Waals surface area contributed by atoms with Crippen LogP contribution < -0.4 is 5.32 Å². The monoisotopic (exact) mass is 171 g/mol. The van der Waals surface area contributed by atoms with Crippen molar-refractivity contribution in [2.75, 3.05) is 13.1 Å². The van der Waals surface area contributed by atoms with E-state index in [1.807, 2.05) is 0 Å². The maximum absolute atomic E-state index is 10.4. The van der Waals surface area contributed by atoms with Gasteiger partial charge < -0.3 is 10.4 Å². The minimum Gasteiger partial charge on any atom is -0.481 e. The molecule has 1 saturated carbocycles. The number of aliphatic carboxylic acids is 1. The predicted molar refractivity (Wildman–Crippen MR) is 47.0 cm³/mol. The zero-order valence-corrected chi connectivity index (χ0v) is 7.55. The summed E-state index contributed by atoms with van der Waals surface area (Å²) in [5.41, 5.74) is 0. The highest BCUT2D eigenvalue weighted by molar-refractivity contribution is 5.69. The van der Waals surface area contributed by atoms with Crippen LogP contribution in [0.5, 0.6) is 0 Å². The van der Waals surface area contributed by atoms with Gasteiger partial charge in [0.25, 0.3) is 0 Å². The Hall–Kier alpha value is -0.570. The molecular weight excluding hydrogens is 154 g/mol. The zero-order valence-electron chi connectivity index (χ0n) is 7.55. The molecule has 2 N–H and O–H groups in total. The molecule has 1 unspecified atom stereocenters. The van der Waals surface area contributed by atoms with Crippen molar-refractivity contribution in [1.29, 1.82) is 0 Å². The fourth-order valence-electron chi connectivity index (χ4n) is 1.12.